The first-order valence-electron chi connectivity index (χ1n) is 7.94. The van der Waals surface area contributed by atoms with E-state index < -0.39 is 0 Å². The number of ether oxygens (including phenoxy) is 2. The molecule has 1 unspecified atom stereocenters. The van der Waals surface area contributed by atoms with Crippen LogP contribution in [0.2, 0.25) is 0 Å². The van der Waals surface area contributed by atoms with Crippen molar-refractivity contribution in [2.45, 2.75) is 19.4 Å². The summed E-state index contributed by atoms with van der Waals surface area (Å²) in [6, 6.07) is 15.2. The highest BCUT2D eigenvalue weighted by molar-refractivity contribution is 5.74. The maximum atomic E-state index is 12.0. The van der Waals surface area contributed by atoms with Crippen molar-refractivity contribution >= 4 is 6.03 Å². The lowest BCUT2D eigenvalue weighted by atomic mass is 10.1. The highest BCUT2D eigenvalue weighted by atomic mass is 16.5. The molecule has 0 saturated carbocycles. The third-order valence-electron chi connectivity index (χ3n) is 3.84. The second-order valence-electron chi connectivity index (χ2n) is 5.46. The molecule has 2 aromatic rings. The van der Waals surface area contributed by atoms with Crippen LogP contribution in [0.15, 0.2) is 48.5 Å². The van der Waals surface area contributed by atoms with E-state index in [0.29, 0.717) is 13.0 Å². The van der Waals surface area contributed by atoms with Crippen LogP contribution in [0.4, 0.5) is 4.79 Å². The van der Waals surface area contributed by atoms with Crippen molar-refractivity contribution in [1.82, 2.24) is 10.6 Å². The van der Waals surface area contributed by atoms with Crippen LogP contribution < -0.4 is 20.1 Å². The van der Waals surface area contributed by atoms with Gasteiger partial charge >= 0.3 is 6.03 Å². The van der Waals surface area contributed by atoms with E-state index in [1.165, 1.54) is 0 Å². The lowest BCUT2D eigenvalue weighted by Gasteiger charge is -2.16. The second-order valence-corrected chi connectivity index (χ2v) is 5.46. The van der Waals surface area contributed by atoms with Gasteiger partial charge in [-0.2, -0.15) is 0 Å². The Kier molecular flexibility index (Phi) is 6.49. The summed E-state index contributed by atoms with van der Waals surface area (Å²) in [6.07, 6.45) is 0.717. The van der Waals surface area contributed by atoms with Gasteiger partial charge in [-0.1, -0.05) is 30.3 Å². The van der Waals surface area contributed by atoms with Crippen LogP contribution in [0.1, 0.15) is 24.1 Å². The lowest BCUT2D eigenvalue weighted by molar-refractivity contribution is 0.238. The normalized spacial score (nSPS) is 11.5. The van der Waals surface area contributed by atoms with Gasteiger partial charge in [-0.3, -0.25) is 0 Å². The standard InChI is InChI=1S/C19H24N2O3/c1-14(15-8-10-17(23-2)11-9-15)21-19(22)20-13-12-16-6-4-5-7-18(16)24-3/h4-11,14H,12-13H2,1-3H3,(H2,20,21,22). The van der Waals surface area contributed by atoms with Gasteiger partial charge < -0.3 is 20.1 Å². The van der Waals surface area contributed by atoms with Crippen molar-refractivity contribution < 1.29 is 14.3 Å². The minimum atomic E-state index is -0.187. The fourth-order valence-electron chi connectivity index (χ4n) is 2.44. The van der Waals surface area contributed by atoms with Gasteiger partial charge in [0.1, 0.15) is 11.5 Å². The monoisotopic (exact) mass is 328 g/mol. The van der Waals surface area contributed by atoms with Gasteiger partial charge in [-0.15, -0.1) is 0 Å². The van der Waals surface area contributed by atoms with E-state index in [2.05, 4.69) is 10.6 Å². The van der Waals surface area contributed by atoms with Crippen molar-refractivity contribution in [3.05, 3.63) is 59.7 Å². The third kappa shape index (κ3) is 4.91. The number of hydrogen-bond donors (Lipinski definition) is 2. The molecule has 5 heteroatoms. The number of carbonyl (C=O) groups is 1. The van der Waals surface area contributed by atoms with Gasteiger partial charge in [0.05, 0.1) is 20.3 Å². The molecule has 2 aromatic carbocycles. The molecule has 2 amide bonds. The minimum absolute atomic E-state index is 0.0813. The number of urea groups is 1. The van der Waals surface area contributed by atoms with E-state index in [4.69, 9.17) is 9.47 Å². The first kappa shape index (κ1) is 17.7. The number of rotatable bonds is 7. The van der Waals surface area contributed by atoms with Gasteiger partial charge in [0.2, 0.25) is 0 Å². The van der Waals surface area contributed by atoms with Gasteiger partial charge in [0.15, 0.2) is 0 Å². The van der Waals surface area contributed by atoms with E-state index in [1.807, 2.05) is 55.5 Å². The molecule has 0 aliphatic rings. The summed E-state index contributed by atoms with van der Waals surface area (Å²) >= 11 is 0. The molecule has 0 fully saturated rings. The number of methoxy groups -OCH3 is 2. The zero-order valence-corrected chi connectivity index (χ0v) is 14.3. The lowest BCUT2D eigenvalue weighted by Crippen LogP contribution is -2.38. The molecule has 0 aromatic heterocycles. The number of para-hydroxylation sites is 1. The molecular formula is C19H24N2O3. The van der Waals surface area contributed by atoms with Crippen LogP contribution in [-0.2, 0) is 6.42 Å². The van der Waals surface area contributed by atoms with Crippen LogP contribution in [0.3, 0.4) is 0 Å². The summed E-state index contributed by atoms with van der Waals surface area (Å²) in [5.41, 5.74) is 2.10. The molecule has 1 atom stereocenters. The molecule has 128 valence electrons. The summed E-state index contributed by atoms with van der Waals surface area (Å²) in [4.78, 5) is 12.0. The Morgan fingerprint density at radius 1 is 1.04 bits per heavy atom. The van der Waals surface area contributed by atoms with E-state index in [1.54, 1.807) is 14.2 Å². The second kappa shape index (κ2) is 8.82. The highest BCUT2D eigenvalue weighted by Crippen LogP contribution is 2.18. The summed E-state index contributed by atoms with van der Waals surface area (Å²) < 4.78 is 10.4. The molecule has 5 nitrogen and oxygen atoms in total. The Hall–Kier alpha value is -2.69. The van der Waals surface area contributed by atoms with Gasteiger partial charge in [-0.05, 0) is 42.7 Å². The number of amides is 2. The zero-order valence-electron chi connectivity index (χ0n) is 14.3. The molecule has 2 N–H and O–H groups in total. The Bertz CT molecular complexity index is 656. The molecule has 2 rings (SSSR count). The molecule has 0 bridgehead atoms. The molecule has 24 heavy (non-hydrogen) atoms. The molecule has 0 saturated heterocycles. The van der Waals surface area contributed by atoms with Crippen LogP contribution in [0.25, 0.3) is 0 Å². The average Bonchev–Trinajstić information content (AvgIpc) is 2.62. The molecule has 0 spiro atoms. The first-order chi connectivity index (χ1) is 11.6. The predicted molar refractivity (Wildman–Crippen MR) is 94.6 cm³/mol. The van der Waals surface area contributed by atoms with Crippen molar-refractivity contribution in [2.24, 2.45) is 0 Å². The first-order valence-corrected chi connectivity index (χ1v) is 7.94. The fraction of sp³-hybridized carbons (Fsp3) is 0.316. The smallest absolute Gasteiger partial charge is 0.315 e. The van der Waals surface area contributed by atoms with Crippen molar-refractivity contribution in [2.75, 3.05) is 20.8 Å². The maximum absolute atomic E-state index is 12.0. The summed E-state index contributed by atoms with van der Waals surface area (Å²) in [5, 5.41) is 5.80. The fourth-order valence-corrected chi connectivity index (χ4v) is 2.44. The molecule has 0 heterocycles. The Morgan fingerprint density at radius 2 is 1.75 bits per heavy atom. The quantitative estimate of drug-likeness (QED) is 0.820. The van der Waals surface area contributed by atoms with Crippen molar-refractivity contribution in [1.29, 1.82) is 0 Å². The van der Waals surface area contributed by atoms with Crippen molar-refractivity contribution in [3.8, 4) is 11.5 Å². The molecule has 0 radical (unpaired) electrons. The van der Waals surface area contributed by atoms with Gasteiger partial charge in [-0.25, -0.2) is 4.79 Å². The van der Waals surface area contributed by atoms with E-state index in [9.17, 15) is 4.79 Å². The number of nitrogens with one attached hydrogen (secondary N) is 2. The number of benzene rings is 2. The highest BCUT2D eigenvalue weighted by Gasteiger charge is 2.09. The van der Waals surface area contributed by atoms with Crippen LogP contribution >= 0.6 is 0 Å². The average molecular weight is 328 g/mol. The maximum Gasteiger partial charge on any atom is 0.315 e. The largest absolute Gasteiger partial charge is 0.497 e. The SMILES string of the molecule is COc1ccc(C(C)NC(=O)NCCc2ccccc2OC)cc1. The van der Waals surface area contributed by atoms with E-state index >= 15 is 0 Å². The number of carbonyl (C=O) groups excluding carboxylic acids is 1. The molecule has 0 aliphatic heterocycles. The van der Waals surface area contributed by atoms with Crippen LogP contribution in [-0.4, -0.2) is 26.8 Å². The predicted octanol–water partition coefficient (Wildman–Crippen LogP) is 3.31. The Labute approximate surface area is 143 Å². The Morgan fingerprint density at radius 3 is 2.42 bits per heavy atom. The summed E-state index contributed by atoms with van der Waals surface area (Å²) in [7, 11) is 3.28. The minimum Gasteiger partial charge on any atom is -0.497 e. The molecular weight excluding hydrogens is 304 g/mol. The van der Waals surface area contributed by atoms with Gasteiger partial charge in [0, 0.05) is 6.54 Å². The van der Waals surface area contributed by atoms with Crippen LogP contribution in [0, 0.1) is 0 Å². The van der Waals surface area contributed by atoms with E-state index in [0.717, 1.165) is 22.6 Å². The van der Waals surface area contributed by atoms with E-state index in [-0.39, 0.29) is 12.1 Å². The third-order valence-corrected chi connectivity index (χ3v) is 3.84. The summed E-state index contributed by atoms with van der Waals surface area (Å²) in [6.45, 7) is 2.49. The summed E-state index contributed by atoms with van der Waals surface area (Å²) in [5.74, 6) is 1.64. The van der Waals surface area contributed by atoms with Crippen LogP contribution in [0.5, 0.6) is 11.5 Å². The molecule has 0 aliphatic carbocycles. The topological polar surface area (TPSA) is 59.6 Å². The Balaban J connectivity index is 1.80. The number of hydrogen-bond acceptors (Lipinski definition) is 3. The van der Waals surface area contributed by atoms with Gasteiger partial charge in [0.25, 0.3) is 0 Å². The van der Waals surface area contributed by atoms with Crippen molar-refractivity contribution in [3.63, 3.8) is 0 Å². The zero-order chi connectivity index (χ0) is 17.4.